The van der Waals surface area contributed by atoms with Crippen molar-refractivity contribution in [1.29, 1.82) is 0 Å². The quantitative estimate of drug-likeness (QED) is 0.485. The molecule has 2 heterocycles. The number of urea groups is 1. The predicted molar refractivity (Wildman–Crippen MR) is 148 cm³/mol. The van der Waals surface area contributed by atoms with E-state index in [-0.39, 0.29) is 29.3 Å². The monoisotopic (exact) mass is 512 g/mol. The third kappa shape index (κ3) is 5.67. The number of carbonyl (C=O) groups excluding carboxylic acids is 2. The van der Waals surface area contributed by atoms with Gasteiger partial charge in [-0.05, 0) is 91.1 Å². The van der Waals surface area contributed by atoms with Crippen LogP contribution in [0.2, 0.25) is 0 Å². The largest absolute Gasteiger partial charge is 0.497 e. The molecule has 2 aromatic carbocycles. The fourth-order valence-corrected chi connectivity index (χ4v) is 5.30. The fourth-order valence-electron chi connectivity index (χ4n) is 5.30. The number of benzene rings is 2. The molecule has 0 saturated heterocycles. The summed E-state index contributed by atoms with van der Waals surface area (Å²) in [5.74, 6) is 1.11. The van der Waals surface area contributed by atoms with Crippen molar-refractivity contribution >= 4 is 11.9 Å². The third-order valence-electron chi connectivity index (χ3n) is 7.35. The number of aromatic nitrogens is 1. The summed E-state index contributed by atoms with van der Waals surface area (Å²) in [4.78, 5) is 32.1. The number of ether oxygens (including phenoxy) is 1. The second-order valence-electron chi connectivity index (χ2n) is 11.3. The van der Waals surface area contributed by atoms with Gasteiger partial charge in [-0.3, -0.25) is 9.78 Å². The second kappa shape index (κ2) is 10.5. The Balaban J connectivity index is 1.38. The molecule has 7 nitrogen and oxygen atoms in total. The van der Waals surface area contributed by atoms with Gasteiger partial charge in [0.1, 0.15) is 5.75 Å². The second-order valence-corrected chi connectivity index (χ2v) is 11.3. The summed E-state index contributed by atoms with van der Waals surface area (Å²) in [6.07, 6.45) is 5.20. The third-order valence-corrected chi connectivity index (χ3v) is 7.35. The lowest BCUT2D eigenvalue weighted by Crippen LogP contribution is -2.50. The first kappa shape index (κ1) is 25.8. The van der Waals surface area contributed by atoms with Gasteiger partial charge in [0.25, 0.3) is 0 Å². The van der Waals surface area contributed by atoms with Crippen LogP contribution in [0.4, 0.5) is 4.79 Å². The highest BCUT2D eigenvalue weighted by Crippen LogP contribution is 2.47. The van der Waals surface area contributed by atoms with Crippen molar-refractivity contribution in [2.75, 3.05) is 13.7 Å². The Labute approximate surface area is 224 Å². The van der Waals surface area contributed by atoms with Crippen LogP contribution in [0.1, 0.15) is 55.4 Å². The number of nitrogens with zero attached hydrogens (tertiary/aromatic N) is 2. The average Bonchev–Trinajstić information content (AvgIpc) is 3.72. The van der Waals surface area contributed by atoms with E-state index in [0.717, 1.165) is 46.4 Å². The number of amides is 3. The molecule has 1 aliphatic heterocycles. The van der Waals surface area contributed by atoms with Crippen molar-refractivity contribution in [3.8, 4) is 16.9 Å². The Bertz CT molecular complexity index is 1330. The highest BCUT2D eigenvalue weighted by atomic mass is 16.5. The number of hydrogen-bond donors (Lipinski definition) is 2. The molecule has 2 N–H and O–H groups in total. The molecule has 3 amide bonds. The summed E-state index contributed by atoms with van der Waals surface area (Å²) in [5.41, 5.74) is 6.42. The molecule has 0 radical (unpaired) electrons. The summed E-state index contributed by atoms with van der Waals surface area (Å²) < 4.78 is 5.46. The normalized spacial score (nSPS) is 18.4. The summed E-state index contributed by atoms with van der Waals surface area (Å²) in [6.45, 7) is 7.53. The van der Waals surface area contributed by atoms with Gasteiger partial charge in [0.05, 0.1) is 7.11 Å². The molecular formula is C31H36N4O3. The van der Waals surface area contributed by atoms with Crippen molar-refractivity contribution in [2.45, 2.75) is 58.2 Å². The van der Waals surface area contributed by atoms with Crippen LogP contribution in [-0.2, 0) is 24.3 Å². The Morgan fingerprint density at radius 3 is 2.68 bits per heavy atom. The molecule has 0 bridgehead atoms. The van der Waals surface area contributed by atoms with E-state index in [0.29, 0.717) is 19.6 Å². The van der Waals surface area contributed by atoms with E-state index in [2.05, 4.69) is 33.8 Å². The topological polar surface area (TPSA) is 83.6 Å². The molecule has 1 aromatic heterocycles. The molecule has 2 unspecified atom stereocenters. The van der Waals surface area contributed by atoms with Crippen LogP contribution in [0.5, 0.6) is 5.75 Å². The van der Waals surface area contributed by atoms with Crippen molar-refractivity contribution in [1.82, 2.24) is 20.5 Å². The maximum atomic E-state index is 13.0. The van der Waals surface area contributed by atoms with E-state index in [9.17, 15) is 9.59 Å². The maximum Gasteiger partial charge on any atom is 0.318 e. The van der Waals surface area contributed by atoms with E-state index < -0.39 is 0 Å². The lowest BCUT2D eigenvalue weighted by Gasteiger charge is -2.34. The fraction of sp³-hybridized carbons (Fsp3) is 0.387. The van der Waals surface area contributed by atoms with Gasteiger partial charge in [-0.2, -0.15) is 0 Å². The molecule has 2 aliphatic rings. The van der Waals surface area contributed by atoms with Crippen molar-refractivity contribution in [3.05, 3.63) is 83.2 Å². The molecule has 7 heteroatoms. The van der Waals surface area contributed by atoms with Gasteiger partial charge < -0.3 is 20.3 Å². The van der Waals surface area contributed by atoms with Crippen molar-refractivity contribution < 1.29 is 14.3 Å². The van der Waals surface area contributed by atoms with Crippen LogP contribution >= 0.6 is 0 Å². The minimum absolute atomic E-state index is 0.0138. The number of rotatable bonds is 6. The Morgan fingerprint density at radius 1 is 1.11 bits per heavy atom. The zero-order valence-electron chi connectivity index (χ0n) is 22.6. The molecule has 2 atom stereocenters. The van der Waals surface area contributed by atoms with Gasteiger partial charge in [0.2, 0.25) is 5.91 Å². The van der Waals surface area contributed by atoms with Crippen LogP contribution < -0.4 is 15.4 Å². The molecule has 5 rings (SSSR count). The first-order valence-corrected chi connectivity index (χ1v) is 13.3. The Kier molecular flexibility index (Phi) is 7.11. The van der Waals surface area contributed by atoms with Gasteiger partial charge in [-0.1, -0.05) is 30.3 Å². The number of pyridine rings is 1. The maximum absolute atomic E-state index is 13.0. The van der Waals surface area contributed by atoms with E-state index >= 15 is 0 Å². The van der Waals surface area contributed by atoms with Crippen molar-refractivity contribution in [2.24, 2.45) is 5.92 Å². The minimum Gasteiger partial charge on any atom is -0.497 e. The highest BCUT2D eigenvalue weighted by Gasteiger charge is 2.44. The van der Waals surface area contributed by atoms with E-state index in [4.69, 9.17) is 4.74 Å². The molecule has 3 aromatic rings. The minimum atomic E-state index is -0.314. The van der Waals surface area contributed by atoms with E-state index in [1.807, 2.05) is 62.2 Å². The number of methoxy groups -OCH3 is 1. The summed E-state index contributed by atoms with van der Waals surface area (Å²) >= 11 is 0. The Morgan fingerprint density at radius 2 is 1.95 bits per heavy atom. The summed E-state index contributed by atoms with van der Waals surface area (Å²) in [6, 6.07) is 16.2. The van der Waals surface area contributed by atoms with Gasteiger partial charge in [0, 0.05) is 43.5 Å². The molecule has 198 valence electrons. The number of fused-ring (bicyclic) bond motifs is 1. The molecule has 1 saturated carbocycles. The van der Waals surface area contributed by atoms with Gasteiger partial charge in [-0.15, -0.1) is 0 Å². The highest BCUT2D eigenvalue weighted by molar-refractivity contribution is 5.83. The van der Waals surface area contributed by atoms with E-state index in [1.165, 1.54) is 5.56 Å². The first-order valence-electron chi connectivity index (χ1n) is 13.3. The van der Waals surface area contributed by atoms with Gasteiger partial charge in [0.15, 0.2) is 0 Å². The summed E-state index contributed by atoms with van der Waals surface area (Å²) in [7, 11) is 1.67. The van der Waals surface area contributed by atoms with Crippen LogP contribution in [0.15, 0.2) is 60.9 Å². The smallest absolute Gasteiger partial charge is 0.318 e. The number of hydrogen-bond acceptors (Lipinski definition) is 4. The SMILES string of the molecule is COc1cccc(-c2ccc(CNC(=O)C3CC3c3cccnc3)c3c2CCN(C(=O)NC(C)(C)C)C3)c1. The molecular weight excluding hydrogens is 476 g/mol. The average molecular weight is 513 g/mol. The lowest BCUT2D eigenvalue weighted by molar-refractivity contribution is -0.122. The Hall–Kier alpha value is -3.87. The zero-order valence-corrected chi connectivity index (χ0v) is 22.6. The van der Waals surface area contributed by atoms with Crippen LogP contribution in [0.25, 0.3) is 11.1 Å². The molecule has 0 spiro atoms. The van der Waals surface area contributed by atoms with Crippen LogP contribution in [-0.4, -0.2) is 41.0 Å². The first-order chi connectivity index (χ1) is 18.2. The van der Waals surface area contributed by atoms with Gasteiger partial charge >= 0.3 is 6.03 Å². The van der Waals surface area contributed by atoms with Crippen LogP contribution in [0.3, 0.4) is 0 Å². The van der Waals surface area contributed by atoms with E-state index in [1.54, 1.807) is 13.3 Å². The van der Waals surface area contributed by atoms with Crippen molar-refractivity contribution in [3.63, 3.8) is 0 Å². The zero-order chi connectivity index (χ0) is 26.9. The van der Waals surface area contributed by atoms with Crippen LogP contribution in [0, 0.1) is 5.92 Å². The molecule has 1 aliphatic carbocycles. The predicted octanol–water partition coefficient (Wildman–Crippen LogP) is 5.04. The standard InChI is InChI=1S/C31H36N4O3/c1-31(2,3)34-30(37)35-14-12-25-24(20-7-5-9-23(15-20)38-4)11-10-22(28(25)19-35)18-33-29(36)27-16-26(27)21-8-6-13-32-17-21/h5-11,13,15,17,26-27H,12,14,16,18-19H2,1-4H3,(H,33,36)(H,34,37). The number of carbonyl (C=O) groups is 2. The number of nitrogens with one attached hydrogen (secondary N) is 2. The molecule has 1 fully saturated rings. The summed E-state index contributed by atoms with van der Waals surface area (Å²) in [5, 5.41) is 6.26. The lowest BCUT2D eigenvalue weighted by atomic mass is 9.87. The van der Waals surface area contributed by atoms with Gasteiger partial charge in [-0.25, -0.2) is 4.79 Å². The molecule has 38 heavy (non-hydrogen) atoms.